The zero-order valence-corrected chi connectivity index (χ0v) is 21.0. The van der Waals surface area contributed by atoms with E-state index in [1.165, 1.54) is 42.5 Å². The standard InChI is InChI=1S/C30H23F3O7/c1-37-29(30(31,32)33,18-9-3-2-4-10-18)27(36)38-23-14-13-19(34)25-20(35)15-16-28(26(23)25)39-21-11-5-7-17-8-6-12-22(40-28)24(17)21/h2-16,19,23,25-26,34H,1H3/t19-,23+,25-,26+,29+/m0/s1. The lowest BCUT2D eigenvalue weighted by Gasteiger charge is -2.49. The van der Waals surface area contributed by atoms with Gasteiger partial charge in [-0.15, -0.1) is 0 Å². The van der Waals surface area contributed by atoms with Crippen molar-refractivity contribution in [1.29, 1.82) is 0 Å². The molecule has 10 heteroatoms. The first-order valence-electron chi connectivity index (χ1n) is 12.5. The number of aliphatic hydroxyl groups is 1. The first-order chi connectivity index (χ1) is 19.1. The van der Waals surface area contributed by atoms with Gasteiger partial charge in [0.1, 0.15) is 17.6 Å². The number of hydrogen-bond acceptors (Lipinski definition) is 7. The largest absolute Gasteiger partial charge is 0.455 e. The van der Waals surface area contributed by atoms with E-state index in [1.807, 2.05) is 12.1 Å². The van der Waals surface area contributed by atoms with E-state index in [9.17, 15) is 27.9 Å². The molecule has 0 aromatic heterocycles. The number of alkyl halides is 3. The Morgan fingerprint density at radius 1 is 0.950 bits per heavy atom. The van der Waals surface area contributed by atoms with Gasteiger partial charge in [0.15, 0.2) is 5.78 Å². The van der Waals surface area contributed by atoms with Crippen LogP contribution in [0.4, 0.5) is 13.2 Å². The van der Waals surface area contributed by atoms with Crippen LogP contribution in [0.2, 0.25) is 0 Å². The second-order valence-corrected chi connectivity index (χ2v) is 9.82. The van der Waals surface area contributed by atoms with Crippen LogP contribution in [-0.4, -0.2) is 48.1 Å². The lowest BCUT2D eigenvalue weighted by molar-refractivity contribution is -0.280. The molecule has 5 atom stereocenters. The van der Waals surface area contributed by atoms with Gasteiger partial charge < -0.3 is 24.1 Å². The first kappa shape index (κ1) is 26.1. The number of allylic oxidation sites excluding steroid dienone is 1. The molecule has 0 unspecified atom stereocenters. The molecule has 3 aromatic carbocycles. The average molecular weight is 553 g/mol. The van der Waals surface area contributed by atoms with Crippen molar-refractivity contribution in [3.63, 3.8) is 0 Å². The van der Waals surface area contributed by atoms with E-state index in [2.05, 4.69) is 0 Å². The van der Waals surface area contributed by atoms with Gasteiger partial charge in [0.25, 0.3) is 11.4 Å². The van der Waals surface area contributed by atoms with Gasteiger partial charge >= 0.3 is 12.1 Å². The Morgan fingerprint density at radius 2 is 1.60 bits per heavy atom. The van der Waals surface area contributed by atoms with Crippen molar-refractivity contribution in [1.82, 2.24) is 0 Å². The highest BCUT2D eigenvalue weighted by Gasteiger charge is 2.66. The molecule has 1 spiro atoms. The summed E-state index contributed by atoms with van der Waals surface area (Å²) >= 11 is 0. The Morgan fingerprint density at radius 3 is 2.20 bits per heavy atom. The minimum absolute atomic E-state index is 0.400. The lowest BCUT2D eigenvalue weighted by Crippen LogP contribution is -2.63. The van der Waals surface area contributed by atoms with E-state index in [1.54, 1.807) is 24.3 Å². The minimum atomic E-state index is -5.20. The summed E-state index contributed by atoms with van der Waals surface area (Å²) in [5.74, 6) is -5.75. The number of carbonyl (C=O) groups excluding carboxylic acids is 2. The minimum Gasteiger partial charge on any atom is -0.455 e. The van der Waals surface area contributed by atoms with Crippen molar-refractivity contribution < 1.29 is 46.8 Å². The van der Waals surface area contributed by atoms with Gasteiger partial charge in [0.2, 0.25) is 0 Å². The van der Waals surface area contributed by atoms with Gasteiger partial charge in [-0.2, -0.15) is 13.2 Å². The van der Waals surface area contributed by atoms with Crippen molar-refractivity contribution in [3.8, 4) is 11.5 Å². The molecule has 1 heterocycles. The number of carbonyl (C=O) groups is 2. The van der Waals surface area contributed by atoms with E-state index in [4.69, 9.17) is 18.9 Å². The predicted octanol–water partition coefficient (Wildman–Crippen LogP) is 4.63. The molecule has 3 aromatic rings. The molecule has 0 bridgehead atoms. The number of hydrogen-bond donors (Lipinski definition) is 1. The van der Waals surface area contributed by atoms with Crippen LogP contribution < -0.4 is 9.47 Å². The highest BCUT2D eigenvalue weighted by molar-refractivity contribution is 5.96. The zero-order chi connectivity index (χ0) is 28.3. The molecular weight excluding hydrogens is 529 g/mol. The molecule has 0 saturated carbocycles. The second kappa shape index (κ2) is 9.21. The van der Waals surface area contributed by atoms with Gasteiger partial charge in [-0.3, -0.25) is 4.79 Å². The Bertz CT molecular complexity index is 1510. The third-order valence-electron chi connectivity index (χ3n) is 7.66. The van der Waals surface area contributed by atoms with Crippen molar-refractivity contribution in [2.45, 2.75) is 29.8 Å². The number of ketones is 1. The Labute approximate surface area is 226 Å². The summed E-state index contributed by atoms with van der Waals surface area (Å²) in [6.07, 6.45) is -3.00. The highest BCUT2D eigenvalue weighted by atomic mass is 19.4. The number of halogens is 3. The van der Waals surface area contributed by atoms with Crippen LogP contribution in [0.1, 0.15) is 5.56 Å². The Hall–Kier alpha value is -4.15. The van der Waals surface area contributed by atoms with Crippen molar-refractivity contribution in [2.75, 3.05) is 7.11 Å². The van der Waals surface area contributed by atoms with Gasteiger partial charge in [0.05, 0.1) is 23.3 Å². The lowest BCUT2D eigenvalue weighted by atomic mass is 9.69. The van der Waals surface area contributed by atoms with Crippen LogP contribution >= 0.6 is 0 Å². The number of methoxy groups -OCH3 is 1. The van der Waals surface area contributed by atoms with Gasteiger partial charge in [-0.1, -0.05) is 60.7 Å². The quantitative estimate of drug-likeness (QED) is 0.373. The van der Waals surface area contributed by atoms with Gasteiger partial charge in [0, 0.05) is 18.7 Å². The summed E-state index contributed by atoms with van der Waals surface area (Å²) < 4.78 is 66.8. The van der Waals surface area contributed by atoms with E-state index in [-0.39, 0.29) is 0 Å². The summed E-state index contributed by atoms with van der Waals surface area (Å²) in [7, 11) is 0.768. The third kappa shape index (κ3) is 3.74. The molecule has 206 valence electrons. The van der Waals surface area contributed by atoms with Crippen LogP contribution in [0.3, 0.4) is 0 Å². The third-order valence-corrected chi connectivity index (χ3v) is 7.66. The second-order valence-electron chi connectivity index (χ2n) is 9.82. The molecule has 0 fully saturated rings. The normalized spacial score (nSPS) is 26.0. The molecule has 2 aliphatic carbocycles. The smallest absolute Gasteiger partial charge is 0.432 e. The van der Waals surface area contributed by atoms with Crippen LogP contribution in [0.5, 0.6) is 11.5 Å². The Balaban J connectivity index is 1.45. The van der Waals surface area contributed by atoms with E-state index >= 15 is 0 Å². The molecule has 3 aliphatic rings. The molecule has 7 nitrogen and oxygen atoms in total. The average Bonchev–Trinajstić information content (AvgIpc) is 2.93. The molecule has 6 rings (SSSR count). The van der Waals surface area contributed by atoms with Gasteiger partial charge in [-0.25, -0.2) is 4.79 Å². The fraction of sp³-hybridized carbons (Fsp3) is 0.267. The van der Waals surface area contributed by atoms with Crippen LogP contribution in [0.15, 0.2) is 91.0 Å². The van der Waals surface area contributed by atoms with Crippen LogP contribution in [-0.2, 0) is 24.7 Å². The number of rotatable bonds is 4. The number of benzene rings is 3. The van der Waals surface area contributed by atoms with Crippen LogP contribution in [0.25, 0.3) is 10.8 Å². The first-order valence-corrected chi connectivity index (χ1v) is 12.5. The number of ether oxygens (including phenoxy) is 4. The topological polar surface area (TPSA) is 91.3 Å². The maximum absolute atomic E-state index is 14.6. The maximum atomic E-state index is 14.6. The molecule has 0 radical (unpaired) electrons. The zero-order valence-electron chi connectivity index (χ0n) is 21.0. The number of aliphatic hydroxyl groups excluding tert-OH is 1. The fourth-order valence-electron chi connectivity index (χ4n) is 5.84. The SMILES string of the molecule is CO[C@@](C(=O)O[C@@H]1C=C[C@H](O)[C@H]2C(=O)C=CC3(Oc4cccc5cccc(c45)O3)[C@@H]21)(c1ccccc1)C(F)(F)F. The van der Waals surface area contributed by atoms with Crippen molar-refractivity contribution in [3.05, 3.63) is 96.6 Å². The summed E-state index contributed by atoms with van der Waals surface area (Å²) in [6, 6.07) is 17.0. The van der Waals surface area contributed by atoms with Crippen LogP contribution in [0, 0.1) is 11.8 Å². The summed E-state index contributed by atoms with van der Waals surface area (Å²) in [5, 5.41) is 12.3. The molecule has 0 saturated heterocycles. The van der Waals surface area contributed by atoms with Gasteiger partial charge in [-0.05, 0) is 29.7 Å². The maximum Gasteiger partial charge on any atom is 0.432 e. The fourth-order valence-corrected chi connectivity index (χ4v) is 5.84. The summed E-state index contributed by atoms with van der Waals surface area (Å²) in [5.41, 5.74) is -3.94. The monoisotopic (exact) mass is 552 g/mol. The number of esters is 1. The van der Waals surface area contributed by atoms with E-state index < -0.39 is 58.9 Å². The summed E-state index contributed by atoms with van der Waals surface area (Å²) in [4.78, 5) is 26.6. The molecule has 0 amide bonds. The van der Waals surface area contributed by atoms with E-state index in [0.717, 1.165) is 24.6 Å². The van der Waals surface area contributed by atoms with Crippen molar-refractivity contribution in [2.24, 2.45) is 11.8 Å². The molecule has 40 heavy (non-hydrogen) atoms. The predicted molar refractivity (Wildman–Crippen MR) is 135 cm³/mol. The number of fused-ring (bicyclic) bond motifs is 2. The van der Waals surface area contributed by atoms with E-state index in [0.29, 0.717) is 16.9 Å². The highest BCUT2D eigenvalue weighted by Crippen LogP contribution is 2.51. The van der Waals surface area contributed by atoms with Crippen molar-refractivity contribution >= 4 is 22.5 Å². The molecule has 1 aliphatic heterocycles. The molecule has 1 N–H and O–H groups in total. The molecular formula is C30H23F3O7. The Kier molecular flexibility index (Phi) is 6.01. The summed E-state index contributed by atoms with van der Waals surface area (Å²) in [6.45, 7) is 0.